The van der Waals surface area contributed by atoms with Crippen LogP contribution in [0.2, 0.25) is 0 Å². The van der Waals surface area contributed by atoms with Crippen molar-refractivity contribution in [2.24, 2.45) is 5.41 Å². The van der Waals surface area contributed by atoms with E-state index in [1.807, 2.05) is 13.8 Å². The molecular weight excluding hydrogens is 234 g/mol. The zero-order valence-corrected chi connectivity index (χ0v) is 11.4. The highest BCUT2D eigenvalue weighted by atomic mass is 16.5. The van der Waals surface area contributed by atoms with Crippen molar-refractivity contribution < 1.29 is 19.4 Å². The fourth-order valence-electron chi connectivity index (χ4n) is 2.28. The van der Waals surface area contributed by atoms with Gasteiger partial charge in [-0.25, -0.2) is 0 Å². The quantitative estimate of drug-likeness (QED) is 0.810. The second kappa shape index (κ2) is 6.18. The van der Waals surface area contributed by atoms with Gasteiger partial charge < -0.3 is 14.7 Å². The molecule has 104 valence electrons. The van der Waals surface area contributed by atoms with Crippen LogP contribution in [0.25, 0.3) is 0 Å². The van der Waals surface area contributed by atoms with Crippen LogP contribution in [0.5, 0.6) is 0 Å². The number of carbonyl (C=O) groups excluding carboxylic acids is 1. The Balaban J connectivity index is 2.50. The molecule has 0 saturated carbocycles. The Morgan fingerprint density at radius 2 is 1.83 bits per heavy atom. The van der Waals surface area contributed by atoms with Gasteiger partial charge in [-0.2, -0.15) is 0 Å². The number of carboxylic acids is 1. The van der Waals surface area contributed by atoms with Crippen LogP contribution < -0.4 is 0 Å². The molecule has 18 heavy (non-hydrogen) atoms. The molecule has 1 heterocycles. The van der Waals surface area contributed by atoms with Gasteiger partial charge in [0.2, 0.25) is 5.91 Å². The molecule has 1 fully saturated rings. The molecule has 1 aliphatic rings. The minimum atomic E-state index is -0.860. The summed E-state index contributed by atoms with van der Waals surface area (Å²) in [6, 6.07) is 0.229. The summed E-state index contributed by atoms with van der Waals surface area (Å²) >= 11 is 0. The lowest BCUT2D eigenvalue weighted by Gasteiger charge is -2.33. The molecule has 5 nitrogen and oxygen atoms in total. The lowest BCUT2D eigenvalue weighted by atomic mass is 9.85. The van der Waals surface area contributed by atoms with E-state index in [0.29, 0.717) is 13.2 Å². The molecule has 0 spiro atoms. The van der Waals surface area contributed by atoms with Crippen molar-refractivity contribution in [3.8, 4) is 0 Å². The first kappa shape index (κ1) is 15.0. The van der Waals surface area contributed by atoms with Crippen molar-refractivity contribution in [2.75, 3.05) is 20.3 Å². The topological polar surface area (TPSA) is 66.8 Å². The van der Waals surface area contributed by atoms with E-state index in [2.05, 4.69) is 0 Å². The third-order valence-corrected chi connectivity index (χ3v) is 3.39. The second-order valence-corrected chi connectivity index (χ2v) is 5.76. The number of ether oxygens (including phenoxy) is 1. The summed E-state index contributed by atoms with van der Waals surface area (Å²) in [6.07, 6.45) is 2.01. The average molecular weight is 257 g/mol. The van der Waals surface area contributed by atoms with E-state index in [9.17, 15) is 9.59 Å². The number of amides is 1. The Bertz CT molecular complexity index is 308. The highest BCUT2D eigenvalue weighted by molar-refractivity contribution is 5.78. The van der Waals surface area contributed by atoms with Gasteiger partial charge in [-0.3, -0.25) is 9.59 Å². The summed E-state index contributed by atoms with van der Waals surface area (Å²) in [4.78, 5) is 24.6. The van der Waals surface area contributed by atoms with Gasteiger partial charge in [0.15, 0.2) is 0 Å². The standard InChI is InChI=1S/C13H23NO4/c1-13(2,9-12(16)17)8-11(15)14(3)10-4-6-18-7-5-10/h10H,4-9H2,1-3H3,(H,16,17). The van der Waals surface area contributed by atoms with Crippen LogP contribution in [0.3, 0.4) is 0 Å². The zero-order chi connectivity index (χ0) is 13.8. The van der Waals surface area contributed by atoms with E-state index in [1.54, 1.807) is 11.9 Å². The molecule has 0 unspecified atom stereocenters. The summed E-state index contributed by atoms with van der Waals surface area (Å²) in [5.74, 6) is -0.838. The van der Waals surface area contributed by atoms with Crippen LogP contribution >= 0.6 is 0 Å². The minimum absolute atomic E-state index is 0.0142. The van der Waals surface area contributed by atoms with Crippen molar-refractivity contribution in [2.45, 2.75) is 45.6 Å². The van der Waals surface area contributed by atoms with Crippen LogP contribution in [0.4, 0.5) is 0 Å². The summed E-state index contributed by atoms with van der Waals surface area (Å²) in [7, 11) is 1.80. The van der Waals surface area contributed by atoms with Gasteiger partial charge in [0, 0.05) is 32.7 Å². The number of nitrogens with zero attached hydrogens (tertiary/aromatic N) is 1. The minimum Gasteiger partial charge on any atom is -0.481 e. The first-order chi connectivity index (χ1) is 8.32. The van der Waals surface area contributed by atoms with Gasteiger partial charge in [0.05, 0.1) is 6.42 Å². The number of hydrogen-bond acceptors (Lipinski definition) is 3. The van der Waals surface area contributed by atoms with Gasteiger partial charge >= 0.3 is 5.97 Å². The van der Waals surface area contributed by atoms with E-state index in [4.69, 9.17) is 9.84 Å². The van der Waals surface area contributed by atoms with Gasteiger partial charge in [-0.1, -0.05) is 13.8 Å². The summed E-state index contributed by atoms with van der Waals surface area (Å²) < 4.78 is 5.27. The monoisotopic (exact) mass is 257 g/mol. The van der Waals surface area contributed by atoms with Crippen molar-refractivity contribution in [1.82, 2.24) is 4.90 Å². The SMILES string of the molecule is CN(C(=O)CC(C)(C)CC(=O)O)C1CCOCC1. The number of carboxylic acid groups (broad SMARTS) is 1. The lowest BCUT2D eigenvalue weighted by Crippen LogP contribution is -2.42. The van der Waals surface area contributed by atoms with E-state index < -0.39 is 11.4 Å². The molecular formula is C13H23NO4. The molecule has 1 aliphatic heterocycles. The number of rotatable bonds is 5. The largest absolute Gasteiger partial charge is 0.481 e. The van der Waals surface area contributed by atoms with Crippen LogP contribution in [0.15, 0.2) is 0 Å². The van der Waals surface area contributed by atoms with Crippen LogP contribution in [0, 0.1) is 5.41 Å². The molecule has 5 heteroatoms. The molecule has 0 aromatic rings. The van der Waals surface area contributed by atoms with E-state index in [1.165, 1.54) is 0 Å². The summed E-state index contributed by atoms with van der Waals surface area (Å²) in [5, 5.41) is 8.81. The molecule has 1 rings (SSSR count). The molecule has 0 aromatic heterocycles. The summed E-state index contributed by atoms with van der Waals surface area (Å²) in [5.41, 5.74) is -0.498. The molecule has 0 bridgehead atoms. The normalized spacial score (nSPS) is 17.5. The smallest absolute Gasteiger partial charge is 0.303 e. The Hall–Kier alpha value is -1.10. The van der Waals surface area contributed by atoms with Gasteiger partial charge in [0.1, 0.15) is 0 Å². The molecule has 0 radical (unpaired) electrons. The molecule has 1 saturated heterocycles. The van der Waals surface area contributed by atoms with E-state index >= 15 is 0 Å². The number of hydrogen-bond donors (Lipinski definition) is 1. The molecule has 0 aliphatic carbocycles. The van der Waals surface area contributed by atoms with Crippen molar-refractivity contribution in [3.63, 3.8) is 0 Å². The first-order valence-electron chi connectivity index (χ1n) is 6.37. The highest BCUT2D eigenvalue weighted by Gasteiger charge is 2.29. The highest BCUT2D eigenvalue weighted by Crippen LogP contribution is 2.27. The Morgan fingerprint density at radius 1 is 1.28 bits per heavy atom. The van der Waals surface area contributed by atoms with Crippen molar-refractivity contribution in [3.05, 3.63) is 0 Å². The fraction of sp³-hybridized carbons (Fsp3) is 0.846. The Morgan fingerprint density at radius 3 is 2.33 bits per heavy atom. The molecule has 1 N–H and O–H groups in total. The molecule has 0 aromatic carbocycles. The third-order valence-electron chi connectivity index (χ3n) is 3.39. The van der Waals surface area contributed by atoms with Gasteiger partial charge in [-0.05, 0) is 18.3 Å². The average Bonchev–Trinajstić information content (AvgIpc) is 2.26. The second-order valence-electron chi connectivity index (χ2n) is 5.76. The first-order valence-corrected chi connectivity index (χ1v) is 6.37. The van der Waals surface area contributed by atoms with E-state index in [-0.39, 0.29) is 24.8 Å². The maximum Gasteiger partial charge on any atom is 0.303 e. The van der Waals surface area contributed by atoms with E-state index in [0.717, 1.165) is 12.8 Å². The van der Waals surface area contributed by atoms with Crippen molar-refractivity contribution in [1.29, 1.82) is 0 Å². The third kappa shape index (κ3) is 4.64. The maximum absolute atomic E-state index is 12.1. The molecule has 1 amide bonds. The Kier molecular flexibility index (Phi) is 5.14. The predicted molar refractivity (Wildman–Crippen MR) is 67.3 cm³/mol. The number of aliphatic carboxylic acids is 1. The maximum atomic E-state index is 12.1. The summed E-state index contributed by atoms with van der Waals surface area (Å²) in [6.45, 7) is 5.02. The van der Waals surface area contributed by atoms with Gasteiger partial charge in [-0.15, -0.1) is 0 Å². The lowest BCUT2D eigenvalue weighted by molar-refractivity contribution is -0.141. The number of carbonyl (C=O) groups is 2. The van der Waals surface area contributed by atoms with Gasteiger partial charge in [0.25, 0.3) is 0 Å². The fourth-order valence-corrected chi connectivity index (χ4v) is 2.28. The molecule has 0 atom stereocenters. The van der Waals surface area contributed by atoms with Crippen molar-refractivity contribution >= 4 is 11.9 Å². The zero-order valence-electron chi connectivity index (χ0n) is 11.4. The van der Waals surface area contributed by atoms with Crippen LogP contribution in [-0.4, -0.2) is 48.2 Å². The Labute approximate surface area is 108 Å². The van der Waals surface area contributed by atoms with Crippen LogP contribution in [-0.2, 0) is 14.3 Å². The van der Waals surface area contributed by atoms with Crippen LogP contribution in [0.1, 0.15) is 39.5 Å². The predicted octanol–water partition coefficient (Wildman–Crippen LogP) is 1.51.